The van der Waals surface area contributed by atoms with Crippen LogP contribution in [0.4, 0.5) is 5.69 Å². The minimum atomic E-state index is -0.575. The maximum absolute atomic E-state index is 12.4. The van der Waals surface area contributed by atoms with E-state index in [-0.39, 0.29) is 12.3 Å². The molecule has 2 amide bonds. The largest absolute Gasteiger partial charge is 0.495 e. The number of carbonyl (C=O) groups is 2. The molecule has 1 aromatic carbocycles. The first-order chi connectivity index (χ1) is 12.0. The molecule has 7 heteroatoms. The number of anilines is 1. The van der Waals surface area contributed by atoms with Crippen LogP contribution in [0.5, 0.6) is 5.75 Å². The van der Waals surface area contributed by atoms with E-state index in [0.29, 0.717) is 22.7 Å². The Kier molecular flexibility index (Phi) is 4.38. The number of hydrogen-bond acceptors (Lipinski definition) is 4. The Morgan fingerprint density at radius 3 is 2.80 bits per heavy atom. The van der Waals surface area contributed by atoms with E-state index in [2.05, 4.69) is 10.3 Å². The van der Waals surface area contributed by atoms with Crippen LogP contribution in [0.2, 0.25) is 0 Å². The first kappa shape index (κ1) is 16.5. The van der Waals surface area contributed by atoms with Gasteiger partial charge in [-0.05, 0) is 36.8 Å². The molecule has 0 bridgehead atoms. The van der Waals surface area contributed by atoms with E-state index >= 15 is 0 Å². The number of nitrogens with two attached hydrogens (primary N) is 1. The third kappa shape index (κ3) is 3.45. The second-order valence-electron chi connectivity index (χ2n) is 5.66. The van der Waals surface area contributed by atoms with Gasteiger partial charge < -0.3 is 20.2 Å². The number of aromatic nitrogens is 2. The number of pyridine rings is 1. The molecule has 2 heterocycles. The maximum atomic E-state index is 12.4. The first-order valence-corrected chi connectivity index (χ1v) is 7.69. The third-order valence-corrected chi connectivity index (χ3v) is 3.83. The number of amides is 2. The fourth-order valence-corrected chi connectivity index (χ4v) is 2.61. The zero-order chi connectivity index (χ0) is 18.0. The van der Waals surface area contributed by atoms with E-state index in [0.717, 1.165) is 11.2 Å². The van der Waals surface area contributed by atoms with Crippen LogP contribution in [0, 0.1) is 6.92 Å². The van der Waals surface area contributed by atoms with E-state index in [4.69, 9.17) is 10.5 Å². The van der Waals surface area contributed by atoms with Crippen molar-refractivity contribution in [2.75, 3.05) is 12.4 Å². The number of nitrogens with zero attached hydrogens (tertiary/aromatic N) is 2. The van der Waals surface area contributed by atoms with E-state index in [9.17, 15) is 9.59 Å². The molecule has 0 saturated heterocycles. The molecule has 3 N–H and O–H groups in total. The summed E-state index contributed by atoms with van der Waals surface area (Å²) in [5, 5.41) is 2.74. The summed E-state index contributed by atoms with van der Waals surface area (Å²) in [7, 11) is 1.49. The van der Waals surface area contributed by atoms with Crippen molar-refractivity contribution in [1.29, 1.82) is 0 Å². The Balaban J connectivity index is 1.81. The Labute approximate surface area is 144 Å². The van der Waals surface area contributed by atoms with E-state index in [1.165, 1.54) is 13.2 Å². The smallest absolute Gasteiger partial charge is 0.248 e. The average Bonchev–Trinajstić information content (AvgIpc) is 2.98. The fraction of sp³-hybridized carbons (Fsp3) is 0.167. The molecule has 25 heavy (non-hydrogen) atoms. The predicted octanol–water partition coefficient (Wildman–Crippen LogP) is 1.93. The number of nitrogens with one attached hydrogen (secondary N) is 1. The fourth-order valence-electron chi connectivity index (χ4n) is 2.61. The molecule has 128 valence electrons. The van der Waals surface area contributed by atoms with E-state index < -0.39 is 5.91 Å². The maximum Gasteiger partial charge on any atom is 0.248 e. The highest BCUT2D eigenvalue weighted by molar-refractivity contribution is 5.98. The summed E-state index contributed by atoms with van der Waals surface area (Å²) in [4.78, 5) is 28.2. The molecule has 0 unspecified atom stereocenters. The summed E-state index contributed by atoms with van der Waals surface area (Å²) in [6, 6.07) is 8.51. The summed E-state index contributed by atoms with van der Waals surface area (Å²) >= 11 is 0. The number of methoxy groups -OCH3 is 1. The van der Waals surface area contributed by atoms with Crippen molar-refractivity contribution in [1.82, 2.24) is 9.38 Å². The molecule has 0 saturated carbocycles. The Morgan fingerprint density at radius 2 is 2.12 bits per heavy atom. The highest BCUT2D eigenvalue weighted by atomic mass is 16.5. The average molecular weight is 338 g/mol. The van der Waals surface area contributed by atoms with Crippen LogP contribution in [0.3, 0.4) is 0 Å². The molecule has 0 atom stereocenters. The topological polar surface area (TPSA) is 98.7 Å². The van der Waals surface area contributed by atoms with Gasteiger partial charge >= 0.3 is 0 Å². The van der Waals surface area contributed by atoms with Gasteiger partial charge in [-0.3, -0.25) is 9.59 Å². The number of fused-ring (bicyclic) bond motifs is 1. The quantitative estimate of drug-likeness (QED) is 0.742. The summed E-state index contributed by atoms with van der Waals surface area (Å²) in [5.74, 6) is -0.390. The number of ether oxygens (including phenoxy) is 1. The van der Waals surface area contributed by atoms with Gasteiger partial charge in [0, 0.05) is 18.0 Å². The van der Waals surface area contributed by atoms with Gasteiger partial charge in [-0.2, -0.15) is 0 Å². The van der Waals surface area contributed by atoms with Crippen molar-refractivity contribution in [3.05, 3.63) is 59.5 Å². The van der Waals surface area contributed by atoms with Gasteiger partial charge in [0.25, 0.3) is 0 Å². The van der Waals surface area contributed by atoms with Gasteiger partial charge in [-0.25, -0.2) is 4.98 Å². The minimum Gasteiger partial charge on any atom is -0.495 e. The molecular formula is C18H18N4O3. The normalized spacial score (nSPS) is 10.6. The standard InChI is InChI=1S/C18H18N4O3/c1-11-4-3-7-22-10-13(20-18(11)22)9-16(23)21-14-8-12(17(19)24)5-6-15(14)25-2/h3-8,10H,9H2,1-2H3,(H2,19,24)(H,21,23). The molecule has 0 aliphatic carbocycles. The van der Waals surface area contributed by atoms with Crippen molar-refractivity contribution in [3.8, 4) is 5.75 Å². The van der Waals surface area contributed by atoms with Crippen LogP contribution in [0.1, 0.15) is 21.6 Å². The predicted molar refractivity (Wildman–Crippen MR) is 93.8 cm³/mol. The third-order valence-electron chi connectivity index (χ3n) is 3.83. The minimum absolute atomic E-state index is 0.102. The molecule has 0 spiro atoms. The number of primary amides is 1. The summed E-state index contributed by atoms with van der Waals surface area (Å²) in [6.45, 7) is 1.96. The molecule has 3 aromatic rings. The summed E-state index contributed by atoms with van der Waals surface area (Å²) in [6.07, 6.45) is 3.81. The van der Waals surface area contributed by atoms with Crippen molar-refractivity contribution >= 4 is 23.1 Å². The van der Waals surface area contributed by atoms with Gasteiger partial charge in [0.15, 0.2) is 0 Å². The Morgan fingerprint density at radius 1 is 1.32 bits per heavy atom. The summed E-state index contributed by atoms with van der Waals surface area (Å²) in [5.41, 5.74) is 8.46. The molecule has 0 fully saturated rings. The number of benzene rings is 1. The van der Waals surface area contributed by atoms with Crippen molar-refractivity contribution in [2.45, 2.75) is 13.3 Å². The number of imidazole rings is 1. The number of hydrogen-bond donors (Lipinski definition) is 2. The highest BCUT2D eigenvalue weighted by Gasteiger charge is 2.13. The molecule has 0 radical (unpaired) electrons. The van der Waals surface area contributed by atoms with Gasteiger partial charge in [0.05, 0.1) is 24.9 Å². The lowest BCUT2D eigenvalue weighted by atomic mass is 10.1. The van der Waals surface area contributed by atoms with Gasteiger partial charge in [-0.1, -0.05) is 6.07 Å². The van der Waals surface area contributed by atoms with Gasteiger partial charge in [0.2, 0.25) is 11.8 Å². The molecular weight excluding hydrogens is 320 g/mol. The highest BCUT2D eigenvalue weighted by Crippen LogP contribution is 2.25. The molecule has 0 aliphatic rings. The van der Waals surface area contributed by atoms with Gasteiger partial charge in [0.1, 0.15) is 11.4 Å². The monoisotopic (exact) mass is 338 g/mol. The van der Waals surface area contributed by atoms with Gasteiger partial charge in [-0.15, -0.1) is 0 Å². The number of aryl methyl sites for hydroxylation is 1. The van der Waals surface area contributed by atoms with Crippen LogP contribution >= 0.6 is 0 Å². The lowest BCUT2D eigenvalue weighted by molar-refractivity contribution is -0.115. The van der Waals surface area contributed by atoms with Crippen molar-refractivity contribution in [3.63, 3.8) is 0 Å². The lowest BCUT2D eigenvalue weighted by Gasteiger charge is -2.10. The number of carbonyl (C=O) groups excluding carboxylic acids is 2. The second kappa shape index (κ2) is 6.64. The van der Waals surface area contributed by atoms with E-state index in [1.54, 1.807) is 12.1 Å². The van der Waals surface area contributed by atoms with Crippen molar-refractivity contribution in [2.24, 2.45) is 5.73 Å². The molecule has 0 aliphatic heterocycles. The summed E-state index contributed by atoms with van der Waals surface area (Å²) < 4.78 is 7.09. The van der Waals surface area contributed by atoms with E-state index in [1.807, 2.05) is 35.9 Å². The van der Waals surface area contributed by atoms with Crippen LogP contribution in [0.15, 0.2) is 42.7 Å². The molecule has 3 rings (SSSR count). The molecule has 7 nitrogen and oxygen atoms in total. The van der Waals surface area contributed by atoms with Crippen LogP contribution in [-0.2, 0) is 11.2 Å². The lowest BCUT2D eigenvalue weighted by Crippen LogP contribution is -2.17. The Hall–Kier alpha value is -3.35. The SMILES string of the molecule is COc1ccc(C(N)=O)cc1NC(=O)Cc1cn2cccc(C)c2n1. The first-order valence-electron chi connectivity index (χ1n) is 7.69. The Bertz CT molecular complexity index is 962. The van der Waals surface area contributed by atoms with Crippen LogP contribution in [-0.4, -0.2) is 28.3 Å². The zero-order valence-electron chi connectivity index (χ0n) is 13.9. The molecule has 2 aromatic heterocycles. The van der Waals surface area contributed by atoms with Crippen LogP contribution in [0.25, 0.3) is 5.65 Å². The van der Waals surface area contributed by atoms with Crippen molar-refractivity contribution < 1.29 is 14.3 Å². The van der Waals surface area contributed by atoms with Crippen LogP contribution < -0.4 is 15.8 Å². The second-order valence-corrected chi connectivity index (χ2v) is 5.66. The number of rotatable bonds is 5. The zero-order valence-corrected chi connectivity index (χ0v) is 13.9.